The first-order valence-corrected chi connectivity index (χ1v) is 39.5. The van der Waals surface area contributed by atoms with Crippen molar-refractivity contribution in [2.24, 2.45) is 11.5 Å². The summed E-state index contributed by atoms with van der Waals surface area (Å²) < 4.78 is 49.8. The number of nitrogens with two attached hydrogens (primary N) is 2. The van der Waals surface area contributed by atoms with E-state index in [1.54, 1.807) is 0 Å². The van der Waals surface area contributed by atoms with E-state index in [2.05, 4.69) is 105 Å². The SMILES string of the molecule is CCO[Si](C)(C)O[Si](C)(C)O[Si](C)(C)O[Si](C)(C)OCC.C[Si](C)(CCCN)O[Si](C)(C)O[Si](C)(C)O[Si](C)(C)CCCN. The Labute approximate surface area is 281 Å². The first-order chi connectivity index (χ1) is 19.5. The Kier molecular flexibility index (Phi) is 21.0. The minimum absolute atomic E-state index is 0.672. The molecule has 0 amide bonds. The topological polar surface area (TPSA) is 126 Å². The predicted molar refractivity (Wildman–Crippen MR) is 207 cm³/mol. The second-order valence-corrected chi connectivity index (χ2v) is 45.5. The summed E-state index contributed by atoms with van der Waals surface area (Å²) >= 11 is 0. The molecule has 0 radical (unpaired) electrons. The number of rotatable bonds is 22. The highest BCUT2D eigenvalue weighted by Gasteiger charge is 2.45. The van der Waals surface area contributed by atoms with Crippen molar-refractivity contribution in [2.45, 2.75) is 144 Å². The molecule has 10 nitrogen and oxygen atoms in total. The van der Waals surface area contributed by atoms with Crippen molar-refractivity contribution in [3.8, 4) is 0 Å². The van der Waals surface area contributed by atoms with Crippen molar-refractivity contribution < 1.29 is 33.5 Å². The van der Waals surface area contributed by atoms with Crippen molar-refractivity contribution in [1.29, 1.82) is 0 Å². The summed E-state index contributed by atoms with van der Waals surface area (Å²) in [5.41, 5.74) is 11.3. The molecule has 0 saturated carbocycles. The first kappa shape index (κ1) is 47.5. The molecule has 0 aliphatic heterocycles. The molecule has 0 aromatic heterocycles. The van der Waals surface area contributed by atoms with Gasteiger partial charge in [-0.1, -0.05) is 0 Å². The molecule has 0 aromatic rings. The quantitative estimate of drug-likeness (QED) is 0.107. The molecule has 0 saturated heterocycles. The largest absolute Gasteiger partial charge is 0.436 e. The van der Waals surface area contributed by atoms with Crippen LogP contribution in [-0.2, 0) is 33.5 Å². The van der Waals surface area contributed by atoms with Gasteiger partial charge in [0.15, 0.2) is 16.6 Å². The fraction of sp³-hybridized carbons (Fsp3) is 1.00. The average Bonchev–Trinajstić information content (AvgIpc) is 2.71. The van der Waals surface area contributed by atoms with Crippen molar-refractivity contribution in [2.75, 3.05) is 26.3 Å². The maximum absolute atomic E-state index is 6.51. The lowest BCUT2D eigenvalue weighted by Crippen LogP contribution is -2.57. The summed E-state index contributed by atoms with van der Waals surface area (Å²) in [6.45, 7) is 40.9. The van der Waals surface area contributed by atoms with Crippen LogP contribution < -0.4 is 11.5 Å². The molecule has 0 bridgehead atoms. The summed E-state index contributed by atoms with van der Waals surface area (Å²) in [5.74, 6) is 0. The molecule has 0 aromatic carbocycles. The van der Waals surface area contributed by atoms with Crippen molar-refractivity contribution in [3.05, 3.63) is 0 Å². The predicted octanol–water partition coefficient (Wildman–Crippen LogP) is 7.46. The van der Waals surface area contributed by atoms with Gasteiger partial charge in [0, 0.05) is 13.2 Å². The Bertz CT molecular complexity index is 742. The highest BCUT2D eigenvalue weighted by atomic mass is 28.5. The van der Waals surface area contributed by atoms with E-state index in [9.17, 15) is 0 Å². The monoisotopic (exact) mass is 766 g/mol. The Morgan fingerprint density at radius 1 is 0.364 bits per heavy atom. The van der Waals surface area contributed by atoms with Gasteiger partial charge in [-0.15, -0.1) is 0 Å². The standard InChI is InChI=1S/C14H40N2O3Si4.C12H34O5Si4/c1-20(2,13-9-11-15)17-22(5,6)19-23(7,8)18-21(3,4)14-10-12-16;1-11-13-18(3,4)15-20(7,8)17-21(9,10)16-19(5,6)14-12-2/h9-16H2,1-8H3;11-12H2,1-10H3. The van der Waals surface area contributed by atoms with Crippen LogP contribution in [0.25, 0.3) is 0 Å². The van der Waals surface area contributed by atoms with E-state index in [0.29, 0.717) is 13.2 Å². The third-order valence-corrected chi connectivity index (χ3v) is 35.1. The van der Waals surface area contributed by atoms with Crippen molar-refractivity contribution >= 4 is 68.0 Å². The third kappa shape index (κ3) is 25.4. The van der Waals surface area contributed by atoms with Gasteiger partial charge in [0.2, 0.25) is 0 Å². The van der Waals surface area contributed by atoms with Gasteiger partial charge in [0.25, 0.3) is 0 Å². The Hall–Kier alpha value is 1.34. The van der Waals surface area contributed by atoms with E-state index < -0.39 is 68.0 Å². The number of hydrogen-bond donors (Lipinski definition) is 2. The average molecular weight is 768 g/mol. The molecular weight excluding hydrogens is 693 g/mol. The lowest BCUT2D eigenvalue weighted by Gasteiger charge is -2.41. The van der Waals surface area contributed by atoms with Gasteiger partial charge in [-0.25, -0.2) is 0 Å². The molecule has 0 aliphatic carbocycles. The van der Waals surface area contributed by atoms with E-state index in [-0.39, 0.29) is 0 Å². The van der Waals surface area contributed by atoms with Crippen molar-refractivity contribution in [1.82, 2.24) is 0 Å². The fourth-order valence-corrected chi connectivity index (χ4v) is 42.2. The van der Waals surface area contributed by atoms with Crippen LogP contribution in [0.15, 0.2) is 0 Å². The van der Waals surface area contributed by atoms with Crippen LogP contribution >= 0.6 is 0 Å². The van der Waals surface area contributed by atoms with Gasteiger partial charge in [-0.2, -0.15) is 0 Å². The van der Waals surface area contributed by atoms with E-state index in [1.807, 2.05) is 13.8 Å². The Morgan fingerprint density at radius 2 is 0.591 bits per heavy atom. The summed E-state index contributed by atoms with van der Waals surface area (Å²) in [6.07, 6.45) is 2.06. The molecule has 268 valence electrons. The van der Waals surface area contributed by atoms with E-state index in [1.165, 1.54) is 0 Å². The minimum atomic E-state index is -2.29. The van der Waals surface area contributed by atoms with Gasteiger partial charge < -0.3 is 45.0 Å². The highest BCUT2D eigenvalue weighted by Crippen LogP contribution is 2.28. The molecule has 0 atom stereocenters. The normalized spacial score (nSPS) is 14.5. The Balaban J connectivity index is 0. The van der Waals surface area contributed by atoms with Gasteiger partial charge in [-0.05, 0) is 157 Å². The zero-order valence-electron chi connectivity index (χ0n) is 32.1. The Morgan fingerprint density at radius 3 is 0.818 bits per heavy atom. The maximum Gasteiger partial charge on any atom is 0.322 e. The van der Waals surface area contributed by atoms with Gasteiger partial charge >= 0.3 is 51.4 Å². The molecule has 0 aliphatic rings. The molecule has 0 spiro atoms. The molecule has 18 heteroatoms. The fourth-order valence-electron chi connectivity index (χ4n) is 5.69. The lowest BCUT2D eigenvalue weighted by atomic mass is 10.5. The summed E-state index contributed by atoms with van der Waals surface area (Å²) in [5, 5.41) is 0. The molecule has 0 unspecified atom stereocenters. The van der Waals surface area contributed by atoms with Gasteiger partial charge in [0.05, 0.1) is 0 Å². The lowest BCUT2D eigenvalue weighted by molar-refractivity contribution is 0.219. The summed E-state index contributed by atoms with van der Waals surface area (Å²) in [6, 6.07) is 2.17. The third-order valence-electron chi connectivity index (χ3n) is 5.96. The first-order valence-electron chi connectivity index (χ1n) is 16.4. The van der Waals surface area contributed by atoms with E-state index in [4.69, 9.17) is 45.0 Å². The van der Waals surface area contributed by atoms with Crippen LogP contribution in [0.1, 0.15) is 26.7 Å². The van der Waals surface area contributed by atoms with Crippen LogP contribution in [0.3, 0.4) is 0 Å². The van der Waals surface area contributed by atoms with Crippen LogP contribution in [0.5, 0.6) is 0 Å². The molecular formula is C26H74N2O8Si8. The second kappa shape index (κ2) is 19.5. The zero-order valence-corrected chi connectivity index (χ0v) is 40.1. The van der Waals surface area contributed by atoms with E-state index in [0.717, 1.165) is 38.0 Å². The molecule has 4 N–H and O–H groups in total. The summed E-state index contributed by atoms with van der Waals surface area (Å²) in [4.78, 5) is 0. The van der Waals surface area contributed by atoms with Gasteiger partial charge in [-0.3, -0.25) is 0 Å². The molecule has 0 rings (SSSR count). The smallest absolute Gasteiger partial charge is 0.322 e. The molecule has 44 heavy (non-hydrogen) atoms. The minimum Gasteiger partial charge on any atom is -0.436 e. The summed E-state index contributed by atoms with van der Waals surface area (Å²) in [7, 11) is -16.7. The van der Waals surface area contributed by atoms with E-state index >= 15 is 0 Å². The van der Waals surface area contributed by atoms with Crippen LogP contribution in [0.2, 0.25) is 117 Å². The van der Waals surface area contributed by atoms with Gasteiger partial charge in [0.1, 0.15) is 0 Å². The van der Waals surface area contributed by atoms with Crippen LogP contribution in [0.4, 0.5) is 0 Å². The van der Waals surface area contributed by atoms with Crippen LogP contribution in [0, 0.1) is 0 Å². The molecule has 0 fully saturated rings. The maximum atomic E-state index is 6.51. The highest BCUT2D eigenvalue weighted by molar-refractivity contribution is 6.90. The second-order valence-electron chi connectivity index (χ2n) is 15.2. The number of hydrogen-bond acceptors (Lipinski definition) is 10. The van der Waals surface area contributed by atoms with Crippen molar-refractivity contribution in [3.63, 3.8) is 0 Å². The molecule has 0 heterocycles. The van der Waals surface area contributed by atoms with Crippen LogP contribution in [-0.4, -0.2) is 94.3 Å². The zero-order chi connectivity index (χ0) is 35.3.